The van der Waals surface area contributed by atoms with E-state index < -0.39 is 0 Å². The van der Waals surface area contributed by atoms with Crippen LogP contribution in [0.2, 0.25) is 0 Å². The van der Waals surface area contributed by atoms with E-state index in [0.717, 1.165) is 23.5 Å². The molecule has 138 valence electrons. The van der Waals surface area contributed by atoms with Gasteiger partial charge in [0.2, 0.25) is 5.16 Å². The van der Waals surface area contributed by atoms with Crippen molar-refractivity contribution in [2.75, 3.05) is 19.5 Å². The number of aromatic nitrogens is 5. The highest BCUT2D eigenvalue weighted by Gasteiger charge is 2.17. The maximum absolute atomic E-state index is 12.7. The molecule has 0 N–H and O–H groups in total. The van der Waals surface area contributed by atoms with Crippen LogP contribution in [0.15, 0.2) is 28.7 Å². The predicted octanol–water partition coefficient (Wildman–Crippen LogP) is 2.82. The van der Waals surface area contributed by atoms with Crippen molar-refractivity contribution in [3.8, 4) is 0 Å². The summed E-state index contributed by atoms with van der Waals surface area (Å²) < 4.78 is 8.99. The number of hydrogen-bond acceptors (Lipinski definition) is 7. The monoisotopic (exact) mass is 391 g/mol. The number of carbonyl (C=O) groups excluding carboxylic acids is 1. The van der Waals surface area contributed by atoms with Crippen LogP contribution in [-0.2, 0) is 17.8 Å². The summed E-state index contributed by atoms with van der Waals surface area (Å²) in [6, 6.07) is 5.99. The standard InChI is InChI=1S/C17H21N5O2S2/c1-12-9-15(13(2)21(12)6-7-24-3)16(23)11-26-17-18-19-20-22(17)10-14-5-4-8-25-14/h4-5,8-9H,6-7,10-11H2,1-3H3. The summed E-state index contributed by atoms with van der Waals surface area (Å²) in [4.78, 5) is 13.9. The molecule has 0 aromatic carbocycles. The Morgan fingerprint density at radius 3 is 2.96 bits per heavy atom. The van der Waals surface area contributed by atoms with Crippen LogP contribution in [0.3, 0.4) is 0 Å². The largest absolute Gasteiger partial charge is 0.383 e. The maximum Gasteiger partial charge on any atom is 0.210 e. The summed E-state index contributed by atoms with van der Waals surface area (Å²) in [5.74, 6) is 0.386. The Hall–Kier alpha value is -1.97. The summed E-state index contributed by atoms with van der Waals surface area (Å²) in [5, 5.41) is 14.5. The molecule has 0 fully saturated rings. The lowest BCUT2D eigenvalue weighted by atomic mass is 10.2. The van der Waals surface area contributed by atoms with E-state index in [0.29, 0.717) is 24.1 Å². The zero-order valence-corrected chi connectivity index (χ0v) is 16.6. The lowest BCUT2D eigenvalue weighted by Gasteiger charge is -2.08. The first-order valence-corrected chi connectivity index (χ1v) is 10.1. The van der Waals surface area contributed by atoms with Crippen LogP contribution in [0.1, 0.15) is 26.6 Å². The van der Waals surface area contributed by atoms with E-state index in [4.69, 9.17) is 4.74 Å². The Morgan fingerprint density at radius 2 is 2.23 bits per heavy atom. The van der Waals surface area contributed by atoms with Gasteiger partial charge < -0.3 is 9.30 Å². The van der Waals surface area contributed by atoms with Crippen molar-refractivity contribution in [2.24, 2.45) is 0 Å². The molecule has 3 rings (SSSR count). The van der Waals surface area contributed by atoms with Gasteiger partial charge in [0.15, 0.2) is 5.78 Å². The number of Topliss-reactive ketones (excluding diaryl/α,β-unsaturated/α-hetero) is 1. The molecule has 0 saturated carbocycles. The normalized spacial score (nSPS) is 11.2. The van der Waals surface area contributed by atoms with Crippen molar-refractivity contribution in [3.63, 3.8) is 0 Å². The number of methoxy groups -OCH3 is 1. The number of ketones is 1. The molecule has 7 nitrogen and oxygen atoms in total. The summed E-state index contributed by atoms with van der Waals surface area (Å²) in [6.07, 6.45) is 0. The number of carbonyl (C=O) groups is 1. The van der Waals surface area contributed by atoms with Gasteiger partial charge in [0, 0.05) is 35.5 Å². The number of thiophene rings is 1. The molecule has 0 aliphatic carbocycles. The van der Waals surface area contributed by atoms with Crippen LogP contribution in [-0.4, -0.2) is 50.0 Å². The first-order valence-electron chi connectivity index (χ1n) is 8.20. The van der Waals surface area contributed by atoms with Gasteiger partial charge in [-0.25, -0.2) is 4.68 Å². The lowest BCUT2D eigenvalue weighted by molar-refractivity contribution is 0.102. The smallest absolute Gasteiger partial charge is 0.210 e. The van der Waals surface area contributed by atoms with Crippen molar-refractivity contribution in [1.29, 1.82) is 0 Å². The third-order valence-electron chi connectivity index (χ3n) is 4.11. The summed E-state index contributed by atoms with van der Waals surface area (Å²) in [6.45, 7) is 5.96. The minimum absolute atomic E-state index is 0.0810. The van der Waals surface area contributed by atoms with Crippen LogP contribution >= 0.6 is 23.1 Å². The topological polar surface area (TPSA) is 74.8 Å². The van der Waals surface area contributed by atoms with Gasteiger partial charge in [0.05, 0.1) is 18.9 Å². The van der Waals surface area contributed by atoms with E-state index in [-0.39, 0.29) is 5.78 Å². The van der Waals surface area contributed by atoms with Gasteiger partial charge in [-0.15, -0.1) is 16.4 Å². The number of hydrogen-bond donors (Lipinski definition) is 0. The fourth-order valence-corrected chi connectivity index (χ4v) is 4.21. The van der Waals surface area contributed by atoms with Gasteiger partial charge in [-0.1, -0.05) is 17.8 Å². The maximum atomic E-state index is 12.7. The molecule has 0 unspecified atom stereocenters. The molecule has 0 aliphatic rings. The highest BCUT2D eigenvalue weighted by Crippen LogP contribution is 2.21. The van der Waals surface area contributed by atoms with Crippen molar-refractivity contribution in [3.05, 3.63) is 45.4 Å². The number of aryl methyl sites for hydroxylation is 1. The van der Waals surface area contributed by atoms with E-state index in [9.17, 15) is 4.79 Å². The summed E-state index contributed by atoms with van der Waals surface area (Å²) >= 11 is 3.03. The average Bonchev–Trinajstić information content (AvgIpc) is 3.35. The highest BCUT2D eigenvalue weighted by molar-refractivity contribution is 7.99. The van der Waals surface area contributed by atoms with E-state index in [1.54, 1.807) is 23.1 Å². The molecule has 26 heavy (non-hydrogen) atoms. The SMILES string of the molecule is COCCn1c(C)cc(C(=O)CSc2nnnn2Cc2cccs2)c1C. The van der Waals surface area contributed by atoms with E-state index in [1.807, 2.05) is 37.4 Å². The molecule has 3 heterocycles. The number of rotatable bonds is 9. The van der Waals surface area contributed by atoms with Crippen LogP contribution < -0.4 is 0 Å². The minimum Gasteiger partial charge on any atom is -0.383 e. The Labute approximate surface area is 160 Å². The number of nitrogens with zero attached hydrogens (tertiary/aromatic N) is 5. The zero-order valence-electron chi connectivity index (χ0n) is 15.0. The number of thioether (sulfide) groups is 1. The third kappa shape index (κ3) is 4.22. The molecule has 0 aliphatic heterocycles. The first-order chi connectivity index (χ1) is 12.6. The fraction of sp³-hybridized carbons (Fsp3) is 0.412. The predicted molar refractivity (Wildman–Crippen MR) is 102 cm³/mol. The molecular weight excluding hydrogens is 370 g/mol. The number of ether oxygens (including phenoxy) is 1. The van der Waals surface area contributed by atoms with Gasteiger partial charge in [0.1, 0.15) is 0 Å². The van der Waals surface area contributed by atoms with Crippen molar-refractivity contribution < 1.29 is 9.53 Å². The Balaban J connectivity index is 1.66. The second kappa shape index (κ2) is 8.61. The van der Waals surface area contributed by atoms with Gasteiger partial charge in [-0.3, -0.25) is 4.79 Å². The molecule has 3 aromatic rings. The molecule has 0 atom stereocenters. The van der Waals surface area contributed by atoms with Gasteiger partial charge in [-0.2, -0.15) is 0 Å². The average molecular weight is 392 g/mol. The second-order valence-corrected chi connectivity index (χ2v) is 7.81. The summed E-state index contributed by atoms with van der Waals surface area (Å²) in [7, 11) is 1.68. The first kappa shape index (κ1) is 18.8. The second-order valence-electron chi connectivity index (χ2n) is 5.84. The number of tetrazole rings is 1. The van der Waals surface area contributed by atoms with E-state index in [2.05, 4.69) is 20.1 Å². The summed E-state index contributed by atoms with van der Waals surface area (Å²) in [5.41, 5.74) is 2.79. The van der Waals surface area contributed by atoms with E-state index in [1.165, 1.54) is 16.6 Å². The zero-order chi connectivity index (χ0) is 18.5. The Bertz CT molecular complexity index is 870. The van der Waals surface area contributed by atoms with Crippen LogP contribution in [0.5, 0.6) is 0 Å². The van der Waals surface area contributed by atoms with Crippen LogP contribution in [0.4, 0.5) is 0 Å². The van der Waals surface area contributed by atoms with Gasteiger partial charge in [-0.05, 0) is 41.8 Å². The highest BCUT2D eigenvalue weighted by atomic mass is 32.2. The molecule has 0 amide bonds. The fourth-order valence-electron chi connectivity index (χ4n) is 2.77. The van der Waals surface area contributed by atoms with E-state index >= 15 is 0 Å². The van der Waals surface area contributed by atoms with Crippen LogP contribution in [0.25, 0.3) is 0 Å². The molecular formula is C17H21N5O2S2. The molecule has 0 saturated heterocycles. The Kier molecular flexibility index (Phi) is 6.23. The van der Waals surface area contributed by atoms with Gasteiger partial charge in [0.25, 0.3) is 0 Å². The molecule has 3 aromatic heterocycles. The Morgan fingerprint density at radius 1 is 1.38 bits per heavy atom. The van der Waals surface area contributed by atoms with Crippen molar-refractivity contribution in [2.45, 2.75) is 32.1 Å². The quantitative estimate of drug-likeness (QED) is 0.412. The van der Waals surface area contributed by atoms with Crippen molar-refractivity contribution >= 4 is 28.9 Å². The third-order valence-corrected chi connectivity index (χ3v) is 5.93. The molecule has 0 spiro atoms. The molecule has 9 heteroatoms. The van der Waals surface area contributed by atoms with Crippen molar-refractivity contribution in [1.82, 2.24) is 24.8 Å². The van der Waals surface area contributed by atoms with Gasteiger partial charge >= 0.3 is 0 Å². The van der Waals surface area contributed by atoms with Crippen LogP contribution in [0, 0.1) is 13.8 Å². The molecule has 0 radical (unpaired) electrons. The molecule has 0 bridgehead atoms. The minimum atomic E-state index is 0.0810. The lowest BCUT2D eigenvalue weighted by Crippen LogP contribution is -2.10.